The number of primary sulfonamides is 1. The zero-order valence-electron chi connectivity index (χ0n) is 16.5. The first kappa shape index (κ1) is 21.9. The van der Waals surface area contributed by atoms with Crippen LogP contribution in [0.4, 0.5) is 15.6 Å². The second kappa shape index (κ2) is 9.35. The van der Waals surface area contributed by atoms with Gasteiger partial charge in [0.1, 0.15) is 0 Å². The molecule has 10 heteroatoms. The Kier molecular flexibility index (Phi) is 6.83. The van der Waals surface area contributed by atoms with E-state index in [0.717, 1.165) is 22.5 Å². The predicted molar refractivity (Wildman–Crippen MR) is 118 cm³/mol. The first-order chi connectivity index (χ1) is 14.3. The second-order valence-corrected chi connectivity index (χ2v) is 9.17. The Labute approximate surface area is 179 Å². The summed E-state index contributed by atoms with van der Waals surface area (Å²) in [6.07, 6.45) is 0. The molecule has 0 fully saturated rings. The van der Waals surface area contributed by atoms with Gasteiger partial charge in [-0.2, -0.15) is 0 Å². The molecule has 0 saturated heterocycles. The lowest BCUT2D eigenvalue weighted by Gasteiger charge is -2.20. The summed E-state index contributed by atoms with van der Waals surface area (Å²) in [6.45, 7) is 1.99. The molecule has 0 spiro atoms. The van der Waals surface area contributed by atoms with Crippen molar-refractivity contribution in [2.45, 2.75) is 11.1 Å². The number of nitrogens with zero attached hydrogens (tertiary/aromatic N) is 2. The van der Waals surface area contributed by atoms with Crippen molar-refractivity contribution in [1.29, 1.82) is 0 Å². The van der Waals surface area contributed by atoms with Crippen LogP contribution in [-0.4, -0.2) is 39.7 Å². The summed E-state index contributed by atoms with van der Waals surface area (Å²) < 4.78 is 28.4. The molecule has 1 heterocycles. The number of benzene rings is 2. The number of aromatic nitrogens is 1. The molecule has 0 saturated carbocycles. The molecule has 0 atom stereocenters. The number of amides is 2. The lowest BCUT2D eigenvalue weighted by atomic mass is 10.1. The molecular weight excluding hydrogens is 424 g/mol. The molecule has 0 radical (unpaired) electrons. The molecule has 2 amide bonds. The van der Waals surface area contributed by atoms with Gasteiger partial charge in [-0.25, -0.2) is 23.3 Å². The van der Waals surface area contributed by atoms with Crippen LogP contribution in [0.1, 0.15) is 5.69 Å². The Balaban J connectivity index is 1.81. The SMILES string of the molecule is COCCN(C(=O)Nc1ccc(-c2ccccc2)cc1)c1nc(C)c(S(N)(=O)=O)s1. The first-order valence-corrected chi connectivity index (χ1v) is 11.4. The van der Waals surface area contributed by atoms with Crippen LogP contribution in [0.15, 0.2) is 58.8 Å². The van der Waals surface area contributed by atoms with Crippen LogP contribution in [0.5, 0.6) is 0 Å². The van der Waals surface area contributed by atoms with Crippen LogP contribution in [-0.2, 0) is 14.8 Å². The summed E-state index contributed by atoms with van der Waals surface area (Å²) in [5, 5.41) is 8.27. The van der Waals surface area contributed by atoms with Gasteiger partial charge >= 0.3 is 6.03 Å². The van der Waals surface area contributed by atoms with Crippen LogP contribution in [0.3, 0.4) is 0 Å². The fourth-order valence-corrected chi connectivity index (χ4v) is 4.75. The molecule has 3 rings (SSSR count). The Morgan fingerprint density at radius 1 is 1.13 bits per heavy atom. The summed E-state index contributed by atoms with van der Waals surface area (Å²) in [5.74, 6) is 0. The van der Waals surface area contributed by atoms with Crippen molar-refractivity contribution in [2.75, 3.05) is 30.5 Å². The average Bonchev–Trinajstić information content (AvgIpc) is 3.11. The lowest BCUT2D eigenvalue weighted by Crippen LogP contribution is -2.37. The van der Waals surface area contributed by atoms with Crippen molar-refractivity contribution in [2.24, 2.45) is 5.14 Å². The maximum atomic E-state index is 12.9. The maximum absolute atomic E-state index is 12.9. The monoisotopic (exact) mass is 446 g/mol. The van der Waals surface area contributed by atoms with Crippen LogP contribution in [0.2, 0.25) is 0 Å². The second-order valence-electron chi connectivity index (χ2n) is 6.43. The van der Waals surface area contributed by atoms with Gasteiger partial charge in [0.2, 0.25) is 10.0 Å². The predicted octanol–water partition coefficient (Wildman–Crippen LogP) is 3.45. The summed E-state index contributed by atoms with van der Waals surface area (Å²) in [4.78, 5) is 18.4. The van der Waals surface area contributed by atoms with Crippen LogP contribution >= 0.6 is 11.3 Å². The van der Waals surface area contributed by atoms with E-state index in [1.165, 1.54) is 18.9 Å². The normalized spacial score (nSPS) is 11.3. The summed E-state index contributed by atoms with van der Waals surface area (Å²) >= 11 is 0.849. The Morgan fingerprint density at radius 3 is 2.33 bits per heavy atom. The van der Waals surface area contributed by atoms with E-state index in [1.54, 1.807) is 12.1 Å². The van der Waals surface area contributed by atoms with Crippen molar-refractivity contribution in [3.8, 4) is 11.1 Å². The smallest absolute Gasteiger partial charge is 0.328 e. The van der Waals surface area contributed by atoms with Crippen molar-refractivity contribution >= 4 is 38.2 Å². The van der Waals surface area contributed by atoms with Gasteiger partial charge in [0.25, 0.3) is 0 Å². The van der Waals surface area contributed by atoms with Crippen molar-refractivity contribution in [3.63, 3.8) is 0 Å². The minimum Gasteiger partial charge on any atom is -0.383 e. The molecule has 0 aliphatic carbocycles. The zero-order chi connectivity index (χ0) is 21.7. The zero-order valence-corrected chi connectivity index (χ0v) is 18.2. The first-order valence-electron chi connectivity index (χ1n) is 9.03. The highest BCUT2D eigenvalue weighted by Crippen LogP contribution is 2.29. The van der Waals surface area contributed by atoms with E-state index >= 15 is 0 Å². The van der Waals surface area contributed by atoms with Gasteiger partial charge in [0.15, 0.2) is 9.34 Å². The quantitative estimate of drug-likeness (QED) is 0.577. The van der Waals surface area contributed by atoms with Crippen molar-refractivity contribution < 1.29 is 17.9 Å². The number of methoxy groups -OCH3 is 1. The summed E-state index contributed by atoms with van der Waals surface area (Å²) in [6, 6.07) is 16.9. The Hall–Kier alpha value is -2.79. The van der Waals surface area contributed by atoms with Gasteiger partial charge in [-0.05, 0) is 30.2 Å². The van der Waals surface area contributed by atoms with E-state index in [-0.39, 0.29) is 28.2 Å². The highest BCUT2D eigenvalue weighted by Gasteiger charge is 2.24. The molecule has 0 unspecified atom stereocenters. The third-order valence-electron chi connectivity index (χ3n) is 4.24. The van der Waals surface area contributed by atoms with Gasteiger partial charge in [0.05, 0.1) is 18.8 Å². The topological polar surface area (TPSA) is 115 Å². The van der Waals surface area contributed by atoms with Crippen molar-refractivity contribution in [3.05, 3.63) is 60.3 Å². The van der Waals surface area contributed by atoms with E-state index in [9.17, 15) is 13.2 Å². The Bertz CT molecular complexity index is 1110. The molecule has 0 bridgehead atoms. The number of hydrogen-bond acceptors (Lipinski definition) is 6. The van der Waals surface area contributed by atoms with E-state index in [2.05, 4.69) is 10.3 Å². The van der Waals surface area contributed by atoms with Crippen molar-refractivity contribution in [1.82, 2.24) is 4.98 Å². The number of nitrogens with two attached hydrogens (primary N) is 1. The summed E-state index contributed by atoms with van der Waals surface area (Å²) in [5.41, 5.74) is 2.95. The molecule has 3 aromatic rings. The molecular formula is C20H22N4O4S2. The third kappa shape index (κ3) is 5.22. The molecule has 2 aromatic carbocycles. The standard InChI is InChI=1S/C20H22N4O4S2/c1-14-18(30(21,26)27)29-20(22-14)24(12-13-28-2)19(25)23-17-10-8-16(9-11-17)15-6-4-3-5-7-15/h3-11H,12-13H2,1-2H3,(H,23,25)(H2,21,26,27). The van der Waals surface area contributed by atoms with E-state index < -0.39 is 16.1 Å². The molecule has 3 N–H and O–H groups in total. The van der Waals surface area contributed by atoms with E-state index in [0.29, 0.717) is 5.69 Å². The molecule has 0 aliphatic rings. The number of hydrogen-bond donors (Lipinski definition) is 2. The largest absolute Gasteiger partial charge is 0.383 e. The fraction of sp³-hybridized carbons (Fsp3) is 0.200. The van der Waals surface area contributed by atoms with Gasteiger partial charge in [-0.1, -0.05) is 53.8 Å². The number of aryl methyl sites for hydroxylation is 1. The molecule has 8 nitrogen and oxygen atoms in total. The highest BCUT2D eigenvalue weighted by atomic mass is 32.2. The molecule has 1 aromatic heterocycles. The number of nitrogens with one attached hydrogen (secondary N) is 1. The summed E-state index contributed by atoms with van der Waals surface area (Å²) in [7, 11) is -2.40. The number of carbonyl (C=O) groups is 1. The number of urea groups is 1. The van der Waals surface area contributed by atoms with Crippen LogP contribution < -0.4 is 15.4 Å². The average molecular weight is 447 g/mol. The number of carbonyl (C=O) groups excluding carboxylic acids is 1. The molecule has 0 aliphatic heterocycles. The molecule has 158 valence electrons. The van der Waals surface area contributed by atoms with Gasteiger partial charge in [-0.3, -0.25) is 4.90 Å². The highest BCUT2D eigenvalue weighted by molar-refractivity contribution is 7.91. The van der Waals surface area contributed by atoms with Crippen LogP contribution in [0.25, 0.3) is 11.1 Å². The fourth-order valence-electron chi connectivity index (χ4n) is 2.78. The maximum Gasteiger partial charge on any atom is 0.328 e. The number of ether oxygens (including phenoxy) is 1. The minimum atomic E-state index is -3.92. The Morgan fingerprint density at radius 2 is 1.77 bits per heavy atom. The van der Waals surface area contributed by atoms with Gasteiger partial charge < -0.3 is 10.1 Å². The van der Waals surface area contributed by atoms with E-state index in [4.69, 9.17) is 9.88 Å². The number of anilines is 2. The number of sulfonamides is 1. The van der Waals surface area contributed by atoms with E-state index in [1.807, 2.05) is 42.5 Å². The minimum absolute atomic E-state index is 0.0695. The number of rotatable bonds is 7. The number of thiazole rings is 1. The van der Waals surface area contributed by atoms with Gasteiger partial charge in [-0.15, -0.1) is 0 Å². The third-order valence-corrected chi connectivity index (χ3v) is 6.97. The van der Waals surface area contributed by atoms with Gasteiger partial charge in [0, 0.05) is 12.8 Å². The molecule has 30 heavy (non-hydrogen) atoms. The lowest BCUT2D eigenvalue weighted by molar-refractivity contribution is 0.204. The van der Waals surface area contributed by atoms with Crippen LogP contribution in [0, 0.1) is 6.92 Å².